The molecule has 1 amide bonds. The van der Waals surface area contributed by atoms with Crippen molar-refractivity contribution in [2.24, 2.45) is 5.73 Å². The van der Waals surface area contributed by atoms with Crippen LogP contribution < -0.4 is 5.73 Å². The maximum Gasteiger partial charge on any atom is 0.257 e. The maximum atomic E-state index is 12.7. The minimum atomic E-state index is -0.0282. The Morgan fingerprint density at radius 3 is 2.54 bits per heavy atom. The molecule has 0 spiro atoms. The fourth-order valence-corrected chi connectivity index (χ4v) is 2.52. The van der Waals surface area contributed by atoms with Crippen LogP contribution in [0, 0.1) is 0 Å². The summed E-state index contributed by atoms with van der Waals surface area (Å²) in [6, 6.07) is 9.30. The number of nitrogens with two attached hydrogens (primary N) is 1. The lowest BCUT2D eigenvalue weighted by molar-refractivity contribution is 0.0739. The molecule has 1 heterocycles. The summed E-state index contributed by atoms with van der Waals surface area (Å²) in [4.78, 5) is 14.6. The summed E-state index contributed by atoms with van der Waals surface area (Å²) < 4.78 is 5.29. The highest BCUT2D eigenvalue weighted by Gasteiger charge is 2.18. The summed E-state index contributed by atoms with van der Waals surface area (Å²) in [5.41, 5.74) is 7.15. The van der Waals surface area contributed by atoms with Gasteiger partial charge in [0.1, 0.15) is 12.0 Å². The van der Waals surface area contributed by atoms with Crippen LogP contribution in [-0.4, -0.2) is 17.4 Å². The van der Waals surface area contributed by atoms with Crippen LogP contribution >= 0.6 is 24.0 Å². The Morgan fingerprint density at radius 1 is 1.25 bits per heavy atom. The summed E-state index contributed by atoms with van der Waals surface area (Å²) in [5.74, 6) is 0.591. The molecule has 0 fully saturated rings. The minimum absolute atomic E-state index is 0. The van der Waals surface area contributed by atoms with Crippen molar-refractivity contribution in [3.63, 3.8) is 0 Å². The monoisotopic (exact) mass is 370 g/mol. The van der Waals surface area contributed by atoms with E-state index in [9.17, 15) is 4.79 Å². The lowest BCUT2D eigenvalue weighted by Crippen LogP contribution is -2.31. The zero-order valence-corrected chi connectivity index (χ0v) is 15.4. The minimum Gasteiger partial charge on any atom is -0.467 e. The van der Waals surface area contributed by atoms with Gasteiger partial charge in [-0.25, -0.2) is 0 Å². The third kappa shape index (κ3) is 5.86. The molecule has 132 valence electrons. The van der Waals surface area contributed by atoms with Gasteiger partial charge in [0, 0.05) is 18.1 Å². The van der Waals surface area contributed by atoms with Gasteiger partial charge in [-0.15, -0.1) is 12.4 Å². The first-order valence-electron chi connectivity index (χ1n) is 7.95. The molecule has 2 aromatic rings. The normalized spacial score (nSPS) is 10.3. The van der Waals surface area contributed by atoms with E-state index >= 15 is 0 Å². The van der Waals surface area contributed by atoms with E-state index < -0.39 is 0 Å². The van der Waals surface area contributed by atoms with Gasteiger partial charge in [-0.05, 0) is 30.2 Å². The number of hydrogen-bond acceptors (Lipinski definition) is 3. The molecule has 0 aliphatic rings. The predicted octanol–water partition coefficient (Wildman–Crippen LogP) is 4.65. The van der Waals surface area contributed by atoms with E-state index in [1.807, 2.05) is 29.2 Å². The first-order valence-corrected chi connectivity index (χ1v) is 8.33. The Bertz CT molecular complexity index is 626. The molecular weight excluding hydrogens is 347 g/mol. The van der Waals surface area contributed by atoms with Crippen LogP contribution in [0.3, 0.4) is 0 Å². The van der Waals surface area contributed by atoms with E-state index in [0.717, 1.165) is 31.4 Å². The van der Waals surface area contributed by atoms with Crippen molar-refractivity contribution in [3.05, 3.63) is 58.5 Å². The third-order valence-electron chi connectivity index (χ3n) is 3.71. The van der Waals surface area contributed by atoms with E-state index in [1.165, 1.54) is 6.26 Å². The number of amides is 1. The molecule has 0 radical (unpaired) electrons. The molecular formula is C18H24Cl2N2O2. The zero-order valence-electron chi connectivity index (χ0n) is 13.8. The quantitative estimate of drug-likeness (QED) is 0.688. The van der Waals surface area contributed by atoms with Gasteiger partial charge in [-0.3, -0.25) is 4.79 Å². The van der Waals surface area contributed by atoms with Gasteiger partial charge in [-0.1, -0.05) is 43.5 Å². The molecule has 2 rings (SSSR count). The first kappa shape index (κ1) is 20.6. The molecule has 1 aromatic heterocycles. The Kier molecular flexibility index (Phi) is 8.90. The number of halogens is 2. The Morgan fingerprint density at radius 2 is 1.96 bits per heavy atom. The molecule has 0 aliphatic heterocycles. The van der Waals surface area contributed by atoms with Crippen LogP contribution in [-0.2, 0) is 13.1 Å². The molecule has 0 saturated carbocycles. The van der Waals surface area contributed by atoms with Gasteiger partial charge >= 0.3 is 0 Å². The molecule has 24 heavy (non-hydrogen) atoms. The van der Waals surface area contributed by atoms with Crippen molar-refractivity contribution < 1.29 is 9.21 Å². The third-order valence-corrected chi connectivity index (χ3v) is 3.96. The fraction of sp³-hybridized carbons (Fsp3) is 0.389. The number of furan rings is 1. The second-order valence-electron chi connectivity index (χ2n) is 5.57. The molecule has 0 unspecified atom stereocenters. The van der Waals surface area contributed by atoms with Gasteiger partial charge in [0.05, 0.1) is 12.1 Å². The molecule has 6 heteroatoms. The highest BCUT2D eigenvalue weighted by atomic mass is 35.5. The largest absolute Gasteiger partial charge is 0.467 e. The summed E-state index contributed by atoms with van der Waals surface area (Å²) in [6.07, 6.45) is 4.69. The lowest BCUT2D eigenvalue weighted by Gasteiger charge is -2.22. The van der Waals surface area contributed by atoms with Crippen LogP contribution in [0.1, 0.15) is 47.9 Å². The number of unbranched alkanes of at least 4 members (excludes halogenated alkanes) is 2. The van der Waals surface area contributed by atoms with E-state index in [4.69, 9.17) is 21.8 Å². The molecule has 0 aliphatic carbocycles. The van der Waals surface area contributed by atoms with Crippen LogP contribution in [0.4, 0.5) is 0 Å². The first-order chi connectivity index (χ1) is 11.1. The van der Waals surface area contributed by atoms with E-state index in [2.05, 4.69) is 6.92 Å². The van der Waals surface area contributed by atoms with E-state index in [-0.39, 0.29) is 18.3 Å². The maximum absolute atomic E-state index is 12.7. The van der Waals surface area contributed by atoms with E-state index in [0.29, 0.717) is 29.4 Å². The standard InChI is InChI=1S/C18H23ClN2O2.ClH/c1-2-3-4-9-21(12-14-5-7-16(19)8-6-14)18(22)15-10-17(11-20)23-13-15;/h5-8,10,13H,2-4,9,11-12,20H2,1H3;1H. The van der Waals surface area contributed by atoms with Gasteiger partial charge in [0.25, 0.3) is 5.91 Å². The Hall–Kier alpha value is -1.49. The molecule has 0 atom stereocenters. The second-order valence-corrected chi connectivity index (χ2v) is 6.00. The van der Waals surface area contributed by atoms with Crippen LogP contribution in [0.5, 0.6) is 0 Å². The molecule has 1 aromatic carbocycles. The van der Waals surface area contributed by atoms with Crippen LogP contribution in [0.2, 0.25) is 5.02 Å². The van der Waals surface area contributed by atoms with Gasteiger partial charge < -0.3 is 15.1 Å². The van der Waals surface area contributed by atoms with Crippen LogP contribution in [0.25, 0.3) is 0 Å². The van der Waals surface area contributed by atoms with Crippen molar-refractivity contribution in [1.29, 1.82) is 0 Å². The highest BCUT2D eigenvalue weighted by Crippen LogP contribution is 2.16. The molecule has 0 bridgehead atoms. The Labute approximate surface area is 154 Å². The van der Waals surface area contributed by atoms with Crippen molar-refractivity contribution in [2.75, 3.05) is 6.54 Å². The number of hydrogen-bond donors (Lipinski definition) is 1. The molecule has 4 nitrogen and oxygen atoms in total. The highest BCUT2D eigenvalue weighted by molar-refractivity contribution is 6.30. The predicted molar refractivity (Wildman–Crippen MR) is 99.6 cm³/mol. The molecule has 2 N–H and O–H groups in total. The SMILES string of the molecule is CCCCCN(Cc1ccc(Cl)cc1)C(=O)c1coc(CN)c1.Cl. The number of benzene rings is 1. The number of nitrogens with zero attached hydrogens (tertiary/aromatic N) is 1. The van der Waals surface area contributed by atoms with Crippen molar-refractivity contribution in [2.45, 2.75) is 39.3 Å². The van der Waals surface area contributed by atoms with E-state index in [1.54, 1.807) is 6.07 Å². The number of carbonyl (C=O) groups is 1. The summed E-state index contributed by atoms with van der Waals surface area (Å²) in [7, 11) is 0. The zero-order chi connectivity index (χ0) is 16.7. The topological polar surface area (TPSA) is 59.5 Å². The van der Waals surface area contributed by atoms with Gasteiger partial charge in [-0.2, -0.15) is 0 Å². The second kappa shape index (κ2) is 10.4. The number of carbonyl (C=O) groups excluding carboxylic acids is 1. The average Bonchev–Trinajstić information content (AvgIpc) is 3.04. The van der Waals surface area contributed by atoms with Gasteiger partial charge in [0.2, 0.25) is 0 Å². The molecule has 0 saturated heterocycles. The van der Waals surface area contributed by atoms with Crippen molar-refractivity contribution in [1.82, 2.24) is 4.90 Å². The lowest BCUT2D eigenvalue weighted by atomic mass is 10.1. The van der Waals surface area contributed by atoms with Crippen LogP contribution in [0.15, 0.2) is 41.0 Å². The summed E-state index contributed by atoms with van der Waals surface area (Å²) in [5, 5.41) is 0.694. The average molecular weight is 371 g/mol. The fourth-order valence-electron chi connectivity index (χ4n) is 2.40. The van der Waals surface area contributed by atoms with Crippen molar-refractivity contribution >= 4 is 29.9 Å². The summed E-state index contributed by atoms with van der Waals surface area (Å²) in [6.45, 7) is 3.72. The van der Waals surface area contributed by atoms with Gasteiger partial charge in [0.15, 0.2) is 0 Å². The smallest absolute Gasteiger partial charge is 0.257 e. The Balaban J connectivity index is 0.00000288. The number of rotatable bonds is 8. The summed E-state index contributed by atoms with van der Waals surface area (Å²) >= 11 is 5.92. The van der Waals surface area contributed by atoms with Crippen molar-refractivity contribution in [3.8, 4) is 0 Å².